The minimum atomic E-state index is -1.09. The minimum Gasteiger partial charge on any atom is -0.478 e. The van der Waals surface area contributed by atoms with E-state index in [9.17, 15) is 9.90 Å². The zero-order valence-electron chi connectivity index (χ0n) is 11.2. The van der Waals surface area contributed by atoms with Gasteiger partial charge in [0.05, 0.1) is 0 Å². The molecule has 1 unspecified atom stereocenters. The van der Waals surface area contributed by atoms with Crippen LogP contribution in [0.15, 0.2) is 48.0 Å². The third-order valence-electron chi connectivity index (χ3n) is 3.42. The van der Waals surface area contributed by atoms with Crippen LogP contribution in [0, 0.1) is 0 Å². The molecule has 0 saturated carbocycles. The van der Waals surface area contributed by atoms with Gasteiger partial charge in [-0.2, -0.15) is 5.90 Å². The van der Waals surface area contributed by atoms with Crippen LogP contribution in [0.25, 0.3) is 6.08 Å². The second-order valence-electron chi connectivity index (χ2n) is 4.57. The summed E-state index contributed by atoms with van der Waals surface area (Å²) in [7, 11) is 0. The summed E-state index contributed by atoms with van der Waals surface area (Å²) < 4.78 is 0. The van der Waals surface area contributed by atoms with Gasteiger partial charge >= 0.3 is 5.97 Å². The number of pyridine rings is 1. The molecule has 0 saturated heterocycles. The van der Waals surface area contributed by atoms with E-state index in [1.54, 1.807) is 12.4 Å². The van der Waals surface area contributed by atoms with Gasteiger partial charge in [0.25, 0.3) is 0 Å². The molecule has 2 rings (SSSR count). The molecular formula is C15H16N2O3. The van der Waals surface area contributed by atoms with Crippen molar-refractivity contribution in [3.8, 4) is 0 Å². The Hall–Kier alpha value is -2.40. The van der Waals surface area contributed by atoms with Gasteiger partial charge < -0.3 is 9.94 Å². The molecule has 5 heteroatoms. The molecular weight excluding hydrogens is 256 g/mol. The summed E-state index contributed by atoms with van der Waals surface area (Å²) >= 11 is 0. The molecule has 1 aromatic rings. The molecule has 0 fully saturated rings. The fourth-order valence-corrected chi connectivity index (χ4v) is 2.41. The predicted molar refractivity (Wildman–Crippen MR) is 75.4 cm³/mol. The smallest absolute Gasteiger partial charge is 0.339 e. The third kappa shape index (κ3) is 2.48. The normalized spacial score (nSPS) is 18.0. The molecule has 5 nitrogen and oxygen atoms in total. The molecule has 20 heavy (non-hydrogen) atoms. The van der Waals surface area contributed by atoms with Crippen LogP contribution >= 0.6 is 0 Å². The number of allylic oxidation sites excluding steroid dienone is 2. The summed E-state index contributed by atoms with van der Waals surface area (Å²) in [5, 5.41) is 9.34. The van der Waals surface area contributed by atoms with Crippen molar-refractivity contribution in [3.05, 3.63) is 59.1 Å². The second-order valence-corrected chi connectivity index (χ2v) is 4.57. The van der Waals surface area contributed by atoms with Crippen molar-refractivity contribution in [1.82, 2.24) is 4.98 Å². The Morgan fingerprint density at radius 2 is 2.35 bits per heavy atom. The lowest BCUT2D eigenvalue weighted by Crippen LogP contribution is -2.16. The molecule has 0 radical (unpaired) electrons. The van der Waals surface area contributed by atoms with Crippen molar-refractivity contribution >= 4 is 12.0 Å². The molecule has 0 aliphatic heterocycles. The largest absolute Gasteiger partial charge is 0.478 e. The molecule has 1 heterocycles. The number of nitrogens with two attached hydrogens (primary N) is 1. The van der Waals surface area contributed by atoms with Crippen LogP contribution in [0.1, 0.15) is 30.4 Å². The van der Waals surface area contributed by atoms with E-state index in [1.165, 1.54) is 6.92 Å². The molecule has 3 N–H and O–H groups in total. The number of hydrogen-bond acceptors (Lipinski definition) is 4. The molecule has 1 aliphatic carbocycles. The lowest BCUT2D eigenvalue weighted by Gasteiger charge is -2.24. The van der Waals surface area contributed by atoms with E-state index in [0.717, 1.165) is 11.1 Å². The number of fused-ring (bicyclic) bond motifs is 1. The van der Waals surface area contributed by atoms with Gasteiger partial charge in [-0.25, -0.2) is 4.79 Å². The maximum absolute atomic E-state index is 11.4. The lowest BCUT2D eigenvalue weighted by atomic mass is 9.80. The van der Waals surface area contributed by atoms with Crippen molar-refractivity contribution in [2.75, 3.05) is 0 Å². The van der Waals surface area contributed by atoms with Gasteiger partial charge in [0.15, 0.2) is 0 Å². The van der Waals surface area contributed by atoms with Crippen molar-refractivity contribution in [1.29, 1.82) is 0 Å². The van der Waals surface area contributed by atoms with Crippen LogP contribution in [-0.4, -0.2) is 16.1 Å². The number of hydrogen-bond donors (Lipinski definition) is 2. The van der Waals surface area contributed by atoms with Crippen molar-refractivity contribution in [2.24, 2.45) is 5.90 Å². The number of aromatic nitrogens is 1. The average Bonchev–Trinajstić information content (AvgIpc) is 2.46. The van der Waals surface area contributed by atoms with Crippen molar-refractivity contribution < 1.29 is 14.7 Å². The Balaban J connectivity index is 2.45. The van der Waals surface area contributed by atoms with E-state index in [1.807, 2.05) is 18.2 Å². The highest BCUT2D eigenvalue weighted by Crippen LogP contribution is 2.37. The first-order valence-electron chi connectivity index (χ1n) is 6.16. The number of nitrogens with zero attached hydrogens (tertiary/aromatic N) is 1. The monoisotopic (exact) mass is 272 g/mol. The van der Waals surface area contributed by atoms with Gasteiger partial charge in [0.1, 0.15) is 11.3 Å². The molecule has 0 spiro atoms. The molecule has 0 bridgehead atoms. The number of aliphatic carboxylic acids is 1. The highest BCUT2D eigenvalue weighted by Gasteiger charge is 2.27. The van der Waals surface area contributed by atoms with Gasteiger partial charge in [-0.15, -0.1) is 0 Å². The van der Waals surface area contributed by atoms with Gasteiger partial charge in [0.2, 0.25) is 0 Å². The average molecular weight is 272 g/mol. The van der Waals surface area contributed by atoms with Crippen LogP contribution < -0.4 is 5.90 Å². The second kappa shape index (κ2) is 5.71. The predicted octanol–water partition coefficient (Wildman–Crippen LogP) is 2.39. The summed E-state index contributed by atoms with van der Waals surface area (Å²) in [6.07, 6.45) is 8.08. The molecule has 1 atom stereocenters. The molecule has 104 valence electrons. The molecule has 0 aromatic carbocycles. The zero-order chi connectivity index (χ0) is 14.7. The highest BCUT2D eigenvalue weighted by atomic mass is 16.6. The van der Waals surface area contributed by atoms with E-state index >= 15 is 0 Å². The topological polar surface area (TPSA) is 85.4 Å². The summed E-state index contributed by atoms with van der Waals surface area (Å²) in [5.74, 6) is 4.02. The Kier molecular flexibility index (Phi) is 4.00. The summed E-state index contributed by atoms with van der Waals surface area (Å²) in [5.41, 5.74) is 2.49. The zero-order valence-corrected chi connectivity index (χ0v) is 11.2. The van der Waals surface area contributed by atoms with Gasteiger partial charge in [-0.1, -0.05) is 18.7 Å². The first-order chi connectivity index (χ1) is 9.56. The van der Waals surface area contributed by atoms with Crippen LogP contribution in [0.5, 0.6) is 0 Å². The van der Waals surface area contributed by atoms with Crippen LogP contribution in [0.2, 0.25) is 0 Å². The SMILES string of the molecule is C=C(/C(C(=O)O)=C(/C)ON)C1CC=Cc2cnccc21. The van der Waals surface area contributed by atoms with E-state index in [4.69, 9.17) is 5.90 Å². The van der Waals surface area contributed by atoms with E-state index < -0.39 is 5.97 Å². The molecule has 0 amide bonds. The molecule has 1 aliphatic rings. The number of carboxylic acid groups (broad SMARTS) is 1. The number of carbonyl (C=O) groups is 1. The standard InChI is InChI=1S/C15H16N2O3/c1-9(14(15(18)19)10(2)20-16)12-5-3-4-11-8-17-7-6-13(11)12/h3-4,6-8,12H,1,5,16H2,2H3,(H,18,19)/b14-10+. The highest BCUT2D eigenvalue weighted by molar-refractivity contribution is 5.92. The fourth-order valence-electron chi connectivity index (χ4n) is 2.41. The summed E-state index contributed by atoms with van der Waals surface area (Å²) in [6.45, 7) is 5.45. The van der Waals surface area contributed by atoms with Crippen LogP contribution in [-0.2, 0) is 9.63 Å². The summed E-state index contributed by atoms with van der Waals surface area (Å²) in [6, 6.07) is 1.88. The van der Waals surface area contributed by atoms with E-state index in [0.29, 0.717) is 12.0 Å². The Morgan fingerprint density at radius 3 is 3.00 bits per heavy atom. The first-order valence-corrected chi connectivity index (χ1v) is 6.16. The first kappa shape index (κ1) is 14.0. The Bertz CT molecular complexity index is 617. The van der Waals surface area contributed by atoms with Crippen LogP contribution in [0.4, 0.5) is 0 Å². The third-order valence-corrected chi connectivity index (χ3v) is 3.42. The van der Waals surface area contributed by atoms with E-state index in [-0.39, 0.29) is 17.3 Å². The maximum Gasteiger partial charge on any atom is 0.339 e. The summed E-state index contributed by atoms with van der Waals surface area (Å²) in [4.78, 5) is 20.1. The minimum absolute atomic E-state index is 0.0237. The van der Waals surface area contributed by atoms with Gasteiger partial charge in [-0.3, -0.25) is 4.98 Å². The van der Waals surface area contributed by atoms with Crippen molar-refractivity contribution in [2.45, 2.75) is 19.3 Å². The van der Waals surface area contributed by atoms with Crippen molar-refractivity contribution in [3.63, 3.8) is 0 Å². The van der Waals surface area contributed by atoms with Gasteiger partial charge in [0, 0.05) is 18.3 Å². The maximum atomic E-state index is 11.4. The fraction of sp³-hybridized carbons (Fsp3) is 0.200. The Labute approximate surface area is 117 Å². The lowest BCUT2D eigenvalue weighted by molar-refractivity contribution is -0.132. The number of rotatable bonds is 4. The number of carboxylic acids is 1. The quantitative estimate of drug-likeness (QED) is 0.380. The van der Waals surface area contributed by atoms with Gasteiger partial charge in [-0.05, 0) is 36.1 Å². The molecule has 1 aromatic heterocycles. The van der Waals surface area contributed by atoms with Crippen LogP contribution in [0.3, 0.4) is 0 Å². The van der Waals surface area contributed by atoms with E-state index in [2.05, 4.69) is 16.4 Å². The Morgan fingerprint density at radius 1 is 1.60 bits per heavy atom.